The summed E-state index contributed by atoms with van der Waals surface area (Å²) in [7, 11) is 0. The van der Waals surface area contributed by atoms with Crippen LogP contribution in [0.15, 0.2) is 18.2 Å². The molecular formula is C15H19Cl2NO2. The molecule has 0 bridgehead atoms. The van der Waals surface area contributed by atoms with Crippen LogP contribution in [0.25, 0.3) is 0 Å². The average molecular weight is 316 g/mol. The molecule has 1 aliphatic heterocycles. The molecule has 20 heavy (non-hydrogen) atoms. The summed E-state index contributed by atoms with van der Waals surface area (Å²) in [6, 6.07) is 5.56. The lowest BCUT2D eigenvalue weighted by atomic mass is 9.89. The lowest BCUT2D eigenvalue weighted by molar-refractivity contribution is -0.144. The molecule has 0 amide bonds. The number of piperidine rings is 1. The second-order valence-corrected chi connectivity index (χ2v) is 6.52. The highest BCUT2D eigenvalue weighted by molar-refractivity contribution is 6.35. The van der Waals surface area contributed by atoms with Gasteiger partial charge in [-0.1, -0.05) is 36.2 Å². The van der Waals surface area contributed by atoms with Crippen LogP contribution >= 0.6 is 23.2 Å². The summed E-state index contributed by atoms with van der Waals surface area (Å²) in [5.41, 5.74) is 0.995. The van der Waals surface area contributed by atoms with E-state index in [1.807, 2.05) is 12.1 Å². The SMILES string of the molecule is CC1CC(C(=O)O)CN(C(C)c2ccc(Cl)cc2Cl)C1. The van der Waals surface area contributed by atoms with Gasteiger partial charge in [0.05, 0.1) is 5.92 Å². The third-order valence-corrected chi connectivity index (χ3v) is 4.56. The number of carbonyl (C=O) groups is 1. The number of benzene rings is 1. The zero-order valence-corrected chi connectivity index (χ0v) is 13.2. The third kappa shape index (κ3) is 3.46. The number of nitrogens with zero attached hydrogens (tertiary/aromatic N) is 1. The van der Waals surface area contributed by atoms with Gasteiger partial charge in [0.1, 0.15) is 0 Å². The quantitative estimate of drug-likeness (QED) is 0.913. The van der Waals surface area contributed by atoms with Crippen molar-refractivity contribution in [2.75, 3.05) is 13.1 Å². The maximum atomic E-state index is 11.2. The summed E-state index contributed by atoms with van der Waals surface area (Å²) in [5.74, 6) is -0.637. The number of carboxylic acid groups (broad SMARTS) is 1. The number of hydrogen-bond donors (Lipinski definition) is 1. The van der Waals surface area contributed by atoms with Gasteiger partial charge in [-0.05, 0) is 37.0 Å². The Morgan fingerprint density at radius 3 is 2.70 bits per heavy atom. The highest BCUT2D eigenvalue weighted by Crippen LogP contribution is 2.33. The number of hydrogen-bond acceptors (Lipinski definition) is 2. The first-order chi connectivity index (χ1) is 9.38. The summed E-state index contributed by atoms with van der Waals surface area (Å²) in [4.78, 5) is 13.4. The lowest BCUT2D eigenvalue weighted by Crippen LogP contribution is -2.43. The van der Waals surface area contributed by atoms with E-state index in [4.69, 9.17) is 23.2 Å². The molecule has 3 atom stereocenters. The summed E-state index contributed by atoms with van der Waals surface area (Å²) in [6.07, 6.45) is 0.743. The number of halogens is 2. The van der Waals surface area contributed by atoms with Gasteiger partial charge in [-0.3, -0.25) is 9.69 Å². The Hall–Kier alpha value is -0.770. The molecule has 0 spiro atoms. The molecule has 3 nitrogen and oxygen atoms in total. The molecule has 1 heterocycles. The van der Waals surface area contributed by atoms with E-state index in [-0.39, 0.29) is 12.0 Å². The van der Waals surface area contributed by atoms with Crippen molar-refractivity contribution in [2.45, 2.75) is 26.3 Å². The number of aliphatic carboxylic acids is 1. The normalized spacial score (nSPS) is 25.4. The average Bonchev–Trinajstić information content (AvgIpc) is 2.37. The molecule has 0 aliphatic carbocycles. The van der Waals surface area contributed by atoms with Crippen LogP contribution in [0.3, 0.4) is 0 Å². The minimum absolute atomic E-state index is 0.0874. The van der Waals surface area contributed by atoms with Crippen LogP contribution in [0.1, 0.15) is 31.9 Å². The largest absolute Gasteiger partial charge is 0.481 e. The minimum Gasteiger partial charge on any atom is -0.481 e. The highest BCUT2D eigenvalue weighted by Gasteiger charge is 2.32. The molecule has 1 N–H and O–H groups in total. The minimum atomic E-state index is -0.712. The fourth-order valence-electron chi connectivity index (χ4n) is 2.92. The molecule has 1 aromatic rings. The van der Waals surface area contributed by atoms with Crippen molar-refractivity contribution < 1.29 is 9.90 Å². The monoisotopic (exact) mass is 315 g/mol. The fourth-order valence-corrected chi connectivity index (χ4v) is 3.49. The topological polar surface area (TPSA) is 40.5 Å². The smallest absolute Gasteiger partial charge is 0.307 e. The Kier molecular flexibility index (Phi) is 4.95. The van der Waals surface area contributed by atoms with Gasteiger partial charge in [0.15, 0.2) is 0 Å². The van der Waals surface area contributed by atoms with Crippen molar-refractivity contribution in [2.24, 2.45) is 11.8 Å². The maximum Gasteiger partial charge on any atom is 0.307 e. The Labute approximate surface area is 129 Å². The Balaban J connectivity index is 2.19. The number of likely N-dealkylation sites (tertiary alicyclic amines) is 1. The number of rotatable bonds is 3. The van der Waals surface area contributed by atoms with E-state index in [0.717, 1.165) is 18.5 Å². The van der Waals surface area contributed by atoms with Crippen molar-refractivity contribution in [3.8, 4) is 0 Å². The van der Waals surface area contributed by atoms with Gasteiger partial charge in [0.25, 0.3) is 0 Å². The van der Waals surface area contributed by atoms with Gasteiger partial charge >= 0.3 is 5.97 Å². The van der Waals surface area contributed by atoms with Crippen LogP contribution in [0.2, 0.25) is 10.0 Å². The summed E-state index contributed by atoms with van der Waals surface area (Å²) >= 11 is 12.2. The van der Waals surface area contributed by atoms with E-state index in [1.165, 1.54) is 0 Å². The molecule has 1 fully saturated rings. The van der Waals surface area contributed by atoms with Crippen molar-refractivity contribution >= 4 is 29.2 Å². The lowest BCUT2D eigenvalue weighted by Gasteiger charge is -2.38. The van der Waals surface area contributed by atoms with Crippen molar-refractivity contribution in [1.29, 1.82) is 0 Å². The molecule has 1 aliphatic rings. The summed E-state index contributed by atoms with van der Waals surface area (Å²) in [6.45, 7) is 5.62. The first-order valence-electron chi connectivity index (χ1n) is 6.80. The highest BCUT2D eigenvalue weighted by atomic mass is 35.5. The summed E-state index contributed by atoms with van der Waals surface area (Å²) in [5, 5.41) is 10.5. The van der Waals surface area contributed by atoms with Crippen LogP contribution in [0.5, 0.6) is 0 Å². The maximum absolute atomic E-state index is 11.2. The van der Waals surface area contributed by atoms with Crippen LogP contribution in [0, 0.1) is 11.8 Å². The van der Waals surface area contributed by atoms with E-state index in [2.05, 4.69) is 18.7 Å². The Morgan fingerprint density at radius 2 is 2.10 bits per heavy atom. The Morgan fingerprint density at radius 1 is 1.40 bits per heavy atom. The van der Waals surface area contributed by atoms with E-state index in [1.54, 1.807) is 6.07 Å². The molecule has 0 aromatic heterocycles. The molecule has 110 valence electrons. The van der Waals surface area contributed by atoms with Gasteiger partial charge in [0.2, 0.25) is 0 Å². The molecule has 0 radical (unpaired) electrons. The second-order valence-electron chi connectivity index (χ2n) is 5.67. The third-order valence-electron chi connectivity index (χ3n) is 4.00. The molecule has 3 unspecified atom stereocenters. The van der Waals surface area contributed by atoms with Crippen molar-refractivity contribution in [3.63, 3.8) is 0 Å². The van der Waals surface area contributed by atoms with Gasteiger partial charge < -0.3 is 5.11 Å². The molecule has 5 heteroatoms. The van der Waals surface area contributed by atoms with E-state index >= 15 is 0 Å². The number of carboxylic acids is 1. The standard InChI is InChI=1S/C15H19Cl2NO2/c1-9-5-11(15(19)20)8-18(7-9)10(2)13-4-3-12(16)6-14(13)17/h3-4,6,9-11H,5,7-8H2,1-2H3,(H,19,20). The summed E-state index contributed by atoms with van der Waals surface area (Å²) < 4.78 is 0. The molecule has 1 saturated heterocycles. The van der Waals surface area contributed by atoms with Gasteiger partial charge in [-0.25, -0.2) is 0 Å². The van der Waals surface area contributed by atoms with E-state index in [0.29, 0.717) is 22.5 Å². The van der Waals surface area contributed by atoms with Gasteiger partial charge in [-0.2, -0.15) is 0 Å². The van der Waals surface area contributed by atoms with Gasteiger partial charge in [0, 0.05) is 29.2 Å². The molecule has 0 saturated carbocycles. The zero-order valence-electron chi connectivity index (χ0n) is 11.6. The van der Waals surface area contributed by atoms with E-state index < -0.39 is 5.97 Å². The predicted molar refractivity (Wildman–Crippen MR) is 81.4 cm³/mol. The van der Waals surface area contributed by atoms with Crippen LogP contribution < -0.4 is 0 Å². The van der Waals surface area contributed by atoms with Crippen LogP contribution in [-0.4, -0.2) is 29.1 Å². The van der Waals surface area contributed by atoms with Crippen LogP contribution in [0.4, 0.5) is 0 Å². The van der Waals surface area contributed by atoms with Crippen molar-refractivity contribution in [3.05, 3.63) is 33.8 Å². The van der Waals surface area contributed by atoms with Gasteiger partial charge in [-0.15, -0.1) is 0 Å². The molecular weight excluding hydrogens is 297 g/mol. The zero-order chi connectivity index (χ0) is 14.9. The first kappa shape index (κ1) is 15.6. The predicted octanol–water partition coefficient (Wildman–Crippen LogP) is 4.10. The Bertz CT molecular complexity index is 507. The fraction of sp³-hybridized carbons (Fsp3) is 0.533. The first-order valence-corrected chi connectivity index (χ1v) is 7.56. The second kappa shape index (κ2) is 6.33. The van der Waals surface area contributed by atoms with Crippen molar-refractivity contribution in [1.82, 2.24) is 4.90 Å². The van der Waals surface area contributed by atoms with Crippen LogP contribution in [-0.2, 0) is 4.79 Å². The molecule has 1 aromatic carbocycles. The molecule has 2 rings (SSSR count). The van der Waals surface area contributed by atoms with E-state index in [9.17, 15) is 9.90 Å².